The zero-order chi connectivity index (χ0) is 40.5. The van der Waals surface area contributed by atoms with Crippen LogP contribution in [0.4, 0.5) is 0 Å². The molecular weight excluding hydrogens is 747 g/mol. The Labute approximate surface area is 352 Å². The highest BCUT2D eigenvalue weighted by Crippen LogP contribution is 2.40. The summed E-state index contributed by atoms with van der Waals surface area (Å²) < 4.78 is 2.34. The molecule has 0 aliphatic rings. The summed E-state index contributed by atoms with van der Waals surface area (Å²) in [6.45, 7) is 0. The number of nitrogens with zero attached hydrogens (tertiary/aromatic N) is 7. The van der Waals surface area contributed by atoms with Gasteiger partial charge in [0.2, 0.25) is 0 Å². The molecule has 0 saturated heterocycles. The number of para-hydroxylation sites is 2. The van der Waals surface area contributed by atoms with Gasteiger partial charge < -0.3 is 4.57 Å². The van der Waals surface area contributed by atoms with Crippen LogP contribution in [0.5, 0.6) is 0 Å². The molecule has 0 amide bonds. The molecule has 0 unspecified atom stereocenters. The summed E-state index contributed by atoms with van der Waals surface area (Å²) >= 11 is 0. The van der Waals surface area contributed by atoms with E-state index in [0.29, 0.717) is 34.9 Å². The quantitative estimate of drug-likeness (QED) is 0.153. The Kier molecular flexibility index (Phi) is 9.02. The minimum absolute atomic E-state index is 0.536. The lowest BCUT2D eigenvalue weighted by atomic mass is 9.95. The fourth-order valence-corrected chi connectivity index (χ4v) is 7.98. The van der Waals surface area contributed by atoms with Gasteiger partial charge in [-0.15, -0.1) is 0 Å². The highest BCUT2D eigenvalue weighted by molar-refractivity contribution is 6.10. The van der Waals surface area contributed by atoms with Crippen molar-refractivity contribution in [1.29, 1.82) is 0 Å². The molecule has 7 heteroatoms. The summed E-state index contributed by atoms with van der Waals surface area (Å²) in [4.78, 5) is 30.6. The van der Waals surface area contributed by atoms with Crippen LogP contribution in [0.2, 0.25) is 0 Å². The van der Waals surface area contributed by atoms with Gasteiger partial charge in [0.05, 0.1) is 11.0 Å². The van der Waals surface area contributed by atoms with Crippen LogP contribution in [-0.4, -0.2) is 34.5 Å². The molecule has 0 fully saturated rings. The Morgan fingerprint density at radius 2 is 0.639 bits per heavy atom. The highest BCUT2D eigenvalue weighted by Gasteiger charge is 2.21. The largest absolute Gasteiger partial charge is 0.309 e. The first-order chi connectivity index (χ1) is 30.2. The van der Waals surface area contributed by atoms with Crippen molar-refractivity contribution in [1.82, 2.24) is 34.5 Å². The van der Waals surface area contributed by atoms with E-state index in [1.165, 1.54) is 10.8 Å². The molecule has 8 aromatic carbocycles. The zero-order valence-electron chi connectivity index (χ0n) is 32.8. The third kappa shape index (κ3) is 6.80. The second kappa shape index (κ2) is 15.4. The van der Waals surface area contributed by atoms with E-state index < -0.39 is 0 Å². The molecule has 0 atom stereocenters. The Balaban J connectivity index is 1.18. The van der Waals surface area contributed by atoms with Crippen molar-refractivity contribution in [3.8, 4) is 85.1 Å². The normalized spacial score (nSPS) is 11.3. The van der Waals surface area contributed by atoms with Crippen LogP contribution in [0.3, 0.4) is 0 Å². The van der Waals surface area contributed by atoms with Gasteiger partial charge in [-0.2, -0.15) is 0 Å². The van der Waals surface area contributed by atoms with Crippen molar-refractivity contribution in [2.75, 3.05) is 0 Å². The van der Waals surface area contributed by atoms with Gasteiger partial charge in [-0.05, 0) is 41.5 Å². The minimum atomic E-state index is 0.536. The third-order valence-electron chi connectivity index (χ3n) is 10.9. The topological polar surface area (TPSA) is 82.3 Å². The molecule has 3 heterocycles. The first-order valence-corrected chi connectivity index (χ1v) is 20.2. The first-order valence-electron chi connectivity index (χ1n) is 20.2. The van der Waals surface area contributed by atoms with Crippen LogP contribution >= 0.6 is 0 Å². The van der Waals surface area contributed by atoms with Gasteiger partial charge in [-0.3, -0.25) is 0 Å². The average molecular weight is 782 g/mol. The predicted molar refractivity (Wildman–Crippen MR) is 246 cm³/mol. The monoisotopic (exact) mass is 781 g/mol. The van der Waals surface area contributed by atoms with Crippen LogP contribution in [0.15, 0.2) is 212 Å². The lowest BCUT2D eigenvalue weighted by molar-refractivity contribution is 1.07. The number of hydrogen-bond donors (Lipinski definition) is 0. The zero-order valence-corrected chi connectivity index (χ0v) is 32.8. The van der Waals surface area contributed by atoms with E-state index in [1.807, 2.05) is 121 Å². The van der Waals surface area contributed by atoms with Crippen molar-refractivity contribution in [3.05, 3.63) is 212 Å². The maximum atomic E-state index is 5.23. The molecular formula is C54H35N7. The molecule has 3 aromatic heterocycles. The summed E-state index contributed by atoms with van der Waals surface area (Å²) in [5.74, 6) is 3.42. The van der Waals surface area contributed by atoms with E-state index in [-0.39, 0.29) is 0 Å². The van der Waals surface area contributed by atoms with E-state index in [0.717, 1.165) is 61.2 Å². The molecule has 0 bridgehead atoms. The number of hydrogen-bond acceptors (Lipinski definition) is 6. The van der Waals surface area contributed by atoms with Gasteiger partial charge in [0.1, 0.15) is 0 Å². The first kappa shape index (κ1) is 35.7. The Morgan fingerprint density at radius 1 is 0.246 bits per heavy atom. The second-order valence-electron chi connectivity index (χ2n) is 14.8. The van der Waals surface area contributed by atoms with E-state index in [1.54, 1.807) is 0 Å². The van der Waals surface area contributed by atoms with Gasteiger partial charge in [0.15, 0.2) is 34.9 Å². The van der Waals surface area contributed by atoms with Crippen molar-refractivity contribution in [2.45, 2.75) is 0 Å². The predicted octanol–water partition coefficient (Wildman–Crippen LogP) is 12.8. The third-order valence-corrected chi connectivity index (χ3v) is 10.9. The van der Waals surface area contributed by atoms with Gasteiger partial charge >= 0.3 is 0 Å². The fraction of sp³-hybridized carbons (Fsp3) is 0. The number of rotatable bonds is 8. The SMILES string of the molecule is c1ccc(-c2nc(-c3ccccc3)nc(-c3ccc(-c4ccc5c6ccccc6n(-c6ccccc6)c5c4)c(-c4nc(-c5ccccc5)nc(-c5ccccc5)n4)c3)n2)cc1. The van der Waals surface area contributed by atoms with E-state index in [4.69, 9.17) is 29.9 Å². The van der Waals surface area contributed by atoms with Gasteiger partial charge in [-0.25, -0.2) is 29.9 Å². The van der Waals surface area contributed by atoms with Crippen LogP contribution in [0, 0.1) is 0 Å². The molecule has 0 spiro atoms. The second-order valence-corrected chi connectivity index (χ2v) is 14.8. The lowest BCUT2D eigenvalue weighted by Gasteiger charge is -2.15. The Morgan fingerprint density at radius 3 is 1.15 bits per heavy atom. The highest BCUT2D eigenvalue weighted by atomic mass is 15.0. The van der Waals surface area contributed by atoms with Gasteiger partial charge in [0.25, 0.3) is 0 Å². The number of benzene rings is 8. The summed E-state index contributed by atoms with van der Waals surface area (Å²) in [7, 11) is 0. The summed E-state index contributed by atoms with van der Waals surface area (Å²) in [5, 5.41) is 2.37. The molecule has 7 nitrogen and oxygen atoms in total. The van der Waals surface area contributed by atoms with Crippen LogP contribution in [0.1, 0.15) is 0 Å². The standard InChI is InChI=1S/C54H35N7/c1-6-18-36(19-7-1)49-55-50(37-20-8-2-9-21-37)58-53(57-49)41-31-32-43(40-30-33-45-44-28-16-17-29-47(44)61(48(45)35-40)42-26-14-5-15-27-42)46(34-41)54-59-51(38-22-10-3-11-23-38)56-52(60-54)39-24-12-4-13-25-39/h1-35H. The lowest BCUT2D eigenvalue weighted by Crippen LogP contribution is -2.03. The summed E-state index contributed by atoms with van der Waals surface area (Å²) in [5.41, 5.74) is 10.5. The van der Waals surface area contributed by atoms with Crippen LogP contribution in [0.25, 0.3) is 107 Å². The van der Waals surface area contributed by atoms with Gasteiger partial charge in [0, 0.05) is 49.8 Å². The minimum Gasteiger partial charge on any atom is -0.309 e. The number of fused-ring (bicyclic) bond motifs is 3. The molecule has 0 saturated carbocycles. The molecule has 0 N–H and O–H groups in total. The Bertz CT molecular complexity index is 3220. The smallest absolute Gasteiger partial charge is 0.164 e. The van der Waals surface area contributed by atoms with E-state index in [9.17, 15) is 0 Å². The summed E-state index contributed by atoms with van der Waals surface area (Å²) in [6.07, 6.45) is 0. The van der Waals surface area contributed by atoms with Crippen molar-refractivity contribution < 1.29 is 0 Å². The average Bonchev–Trinajstić information content (AvgIpc) is 3.68. The van der Waals surface area contributed by atoms with Crippen LogP contribution in [-0.2, 0) is 0 Å². The molecule has 286 valence electrons. The van der Waals surface area contributed by atoms with Crippen LogP contribution < -0.4 is 0 Å². The molecule has 11 rings (SSSR count). The fourth-order valence-electron chi connectivity index (χ4n) is 7.98. The van der Waals surface area contributed by atoms with E-state index in [2.05, 4.69) is 95.6 Å². The molecule has 0 aliphatic carbocycles. The maximum Gasteiger partial charge on any atom is 0.164 e. The Hall–Kier alpha value is -8.42. The van der Waals surface area contributed by atoms with Crippen molar-refractivity contribution >= 4 is 21.8 Å². The van der Waals surface area contributed by atoms with E-state index >= 15 is 0 Å². The molecule has 61 heavy (non-hydrogen) atoms. The maximum absolute atomic E-state index is 5.23. The molecule has 11 aromatic rings. The molecule has 0 radical (unpaired) electrons. The van der Waals surface area contributed by atoms with Gasteiger partial charge in [-0.1, -0.05) is 182 Å². The van der Waals surface area contributed by atoms with Crippen molar-refractivity contribution in [3.63, 3.8) is 0 Å². The van der Waals surface area contributed by atoms with Crippen molar-refractivity contribution in [2.24, 2.45) is 0 Å². The summed E-state index contributed by atoms with van der Waals surface area (Å²) in [6, 6.07) is 72.4. The molecule has 0 aliphatic heterocycles. The number of aromatic nitrogens is 7.